The molecule has 0 saturated heterocycles. The number of H-pyrrole nitrogens is 1. The summed E-state index contributed by atoms with van der Waals surface area (Å²) in [6.07, 6.45) is 0.917. The van der Waals surface area contributed by atoms with E-state index in [1.54, 1.807) is 7.11 Å². The Morgan fingerprint density at radius 3 is 2.80 bits per heavy atom. The van der Waals surface area contributed by atoms with Gasteiger partial charge in [0, 0.05) is 6.54 Å². The van der Waals surface area contributed by atoms with Gasteiger partial charge in [0.2, 0.25) is 0 Å². The number of methoxy groups -OCH3 is 1. The monoisotopic (exact) mass is 359 g/mol. The lowest BCUT2D eigenvalue weighted by Gasteiger charge is -2.14. The second-order valence-corrected chi connectivity index (χ2v) is 6.17. The van der Waals surface area contributed by atoms with Crippen LogP contribution in [0.5, 0.6) is 11.5 Å². The number of imidazole rings is 1. The van der Waals surface area contributed by atoms with E-state index in [-0.39, 0.29) is 0 Å². The van der Waals surface area contributed by atoms with Gasteiger partial charge in [-0.15, -0.1) is 0 Å². The SMILES string of the molecule is CCCOc1c(Cl)cc(CNCc2nc3ccccc3[nH]2)cc1OC. The summed E-state index contributed by atoms with van der Waals surface area (Å²) in [6.45, 7) is 3.96. The maximum Gasteiger partial charge on any atom is 0.179 e. The van der Waals surface area contributed by atoms with Crippen LogP contribution in [0.2, 0.25) is 5.02 Å². The van der Waals surface area contributed by atoms with E-state index in [1.165, 1.54) is 0 Å². The number of para-hydroxylation sites is 2. The van der Waals surface area contributed by atoms with Gasteiger partial charge in [-0.25, -0.2) is 4.98 Å². The Morgan fingerprint density at radius 2 is 2.04 bits per heavy atom. The molecule has 3 aromatic rings. The summed E-state index contributed by atoms with van der Waals surface area (Å²) in [5.74, 6) is 2.16. The van der Waals surface area contributed by atoms with Crippen molar-refractivity contribution < 1.29 is 9.47 Å². The zero-order valence-electron chi connectivity index (χ0n) is 14.4. The number of rotatable bonds is 8. The predicted octanol–water partition coefficient (Wildman–Crippen LogP) is 4.30. The number of aromatic nitrogens is 2. The zero-order valence-corrected chi connectivity index (χ0v) is 15.2. The van der Waals surface area contributed by atoms with E-state index >= 15 is 0 Å². The Kier molecular flexibility index (Phi) is 5.79. The molecule has 0 aliphatic carbocycles. The quantitative estimate of drug-likeness (QED) is 0.629. The first-order chi connectivity index (χ1) is 12.2. The molecule has 2 aromatic carbocycles. The molecule has 1 heterocycles. The molecule has 0 atom stereocenters. The first-order valence-corrected chi connectivity index (χ1v) is 8.72. The number of hydrogen-bond acceptors (Lipinski definition) is 4. The lowest BCUT2D eigenvalue weighted by molar-refractivity contribution is 0.294. The van der Waals surface area contributed by atoms with Gasteiger partial charge in [0.15, 0.2) is 11.5 Å². The van der Waals surface area contributed by atoms with Crippen LogP contribution in [0.25, 0.3) is 11.0 Å². The zero-order chi connectivity index (χ0) is 17.6. The molecule has 0 amide bonds. The van der Waals surface area contributed by atoms with Crippen molar-refractivity contribution in [2.45, 2.75) is 26.4 Å². The van der Waals surface area contributed by atoms with Gasteiger partial charge >= 0.3 is 0 Å². The molecule has 0 radical (unpaired) electrons. The topological polar surface area (TPSA) is 59.2 Å². The van der Waals surface area contributed by atoms with E-state index in [0.717, 1.165) is 28.8 Å². The summed E-state index contributed by atoms with van der Waals surface area (Å²) in [7, 11) is 1.62. The van der Waals surface area contributed by atoms with Gasteiger partial charge in [0.1, 0.15) is 5.82 Å². The van der Waals surface area contributed by atoms with E-state index in [0.29, 0.717) is 36.2 Å². The highest BCUT2D eigenvalue weighted by Gasteiger charge is 2.12. The van der Waals surface area contributed by atoms with Crippen LogP contribution >= 0.6 is 11.6 Å². The Hall–Kier alpha value is -2.24. The van der Waals surface area contributed by atoms with Gasteiger partial charge in [0.05, 0.1) is 36.3 Å². The van der Waals surface area contributed by atoms with E-state index in [4.69, 9.17) is 21.1 Å². The molecular formula is C19H22ClN3O2. The van der Waals surface area contributed by atoms with Gasteiger partial charge in [-0.05, 0) is 36.2 Å². The highest BCUT2D eigenvalue weighted by atomic mass is 35.5. The summed E-state index contributed by atoms with van der Waals surface area (Å²) in [6, 6.07) is 11.8. The van der Waals surface area contributed by atoms with Crippen molar-refractivity contribution in [2.75, 3.05) is 13.7 Å². The van der Waals surface area contributed by atoms with Crippen molar-refractivity contribution in [1.82, 2.24) is 15.3 Å². The van der Waals surface area contributed by atoms with Crippen molar-refractivity contribution in [1.29, 1.82) is 0 Å². The molecule has 0 aliphatic heterocycles. The number of nitrogens with zero attached hydrogens (tertiary/aromatic N) is 1. The third kappa shape index (κ3) is 4.24. The van der Waals surface area contributed by atoms with Crippen LogP contribution < -0.4 is 14.8 Å². The third-order valence-electron chi connectivity index (χ3n) is 3.80. The Balaban J connectivity index is 1.65. The molecule has 1 aromatic heterocycles. The van der Waals surface area contributed by atoms with Crippen LogP contribution in [0, 0.1) is 0 Å². The van der Waals surface area contributed by atoms with Crippen LogP contribution in [-0.4, -0.2) is 23.7 Å². The van der Waals surface area contributed by atoms with Gasteiger partial charge in [-0.1, -0.05) is 30.7 Å². The lowest BCUT2D eigenvalue weighted by Crippen LogP contribution is -2.14. The lowest BCUT2D eigenvalue weighted by atomic mass is 10.2. The molecule has 0 bridgehead atoms. The number of benzene rings is 2. The number of ether oxygens (including phenoxy) is 2. The summed E-state index contributed by atoms with van der Waals surface area (Å²) < 4.78 is 11.1. The molecule has 6 heteroatoms. The first-order valence-electron chi connectivity index (χ1n) is 8.34. The Morgan fingerprint density at radius 1 is 1.20 bits per heavy atom. The second kappa shape index (κ2) is 8.23. The first kappa shape index (κ1) is 17.6. The fourth-order valence-corrected chi connectivity index (χ4v) is 2.92. The van der Waals surface area contributed by atoms with E-state index < -0.39 is 0 Å². The molecule has 25 heavy (non-hydrogen) atoms. The number of aromatic amines is 1. The molecule has 0 unspecified atom stereocenters. The minimum Gasteiger partial charge on any atom is -0.493 e. The largest absolute Gasteiger partial charge is 0.493 e. The summed E-state index contributed by atoms with van der Waals surface area (Å²) in [4.78, 5) is 7.86. The summed E-state index contributed by atoms with van der Waals surface area (Å²) >= 11 is 6.35. The normalized spacial score (nSPS) is 11.0. The van der Waals surface area contributed by atoms with Gasteiger partial charge in [-0.3, -0.25) is 0 Å². The summed E-state index contributed by atoms with van der Waals surface area (Å²) in [5.41, 5.74) is 3.05. The van der Waals surface area contributed by atoms with Crippen molar-refractivity contribution in [3.63, 3.8) is 0 Å². The fourth-order valence-electron chi connectivity index (χ4n) is 2.63. The smallest absolute Gasteiger partial charge is 0.179 e. The van der Waals surface area contributed by atoms with Crippen LogP contribution in [-0.2, 0) is 13.1 Å². The number of fused-ring (bicyclic) bond motifs is 1. The third-order valence-corrected chi connectivity index (χ3v) is 4.08. The molecule has 5 nitrogen and oxygen atoms in total. The summed E-state index contributed by atoms with van der Waals surface area (Å²) in [5, 5.41) is 3.93. The van der Waals surface area contributed by atoms with Gasteiger partial charge in [-0.2, -0.15) is 0 Å². The van der Waals surface area contributed by atoms with Crippen molar-refractivity contribution in [2.24, 2.45) is 0 Å². The highest BCUT2D eigenvalue weighted by Crippen LogP contribution is 2.36. The van der Waals surface area contributed by atoms with Crippen molar-refractivity contribution in [3.8, 4) is 11.5 Å². The van der Waals surface area contributed by atoms with Crippen LogP contribution in [0.3, 0.4) is 0 Å². The van der Waals surface area contributed by atoms with Crippen LogP contribution in [0.4, 0.5) is 0 Å². The van der Waals surface area contributed by atoms with E-state index in [1.807, 2.05) is 36.4 Å². The molecule has 0 aliphatic rings. The minimum absolute atomic E-state index is 0.563. The number of nitrogens with one attached hydrogen (secondary N) is 2. The van der Waals surface area contributed by atoms with Crippen LogP contribution in [0.1, 0.15) is 24.7 Å². The number of hydrogen-bond donors (Lipinski definition) is 2. The van der Waals surface area contributed by atoms with Crippen LogP contribution in [0.15, 0.2) is 36.4 Å². The maximum absolute atomic E-state index is 6.35. The molecule has 2 N–H and O–H groups in total. The Bertz CT molecular complexity index is 815. The average molecular weight is 360 g/mol. The Labute approximate surface area is 152 Å². The van der Waals surface area contributed by atoms with Crippen molar-refractivity contribution >= 4 is 22.6 Å². The number of halogens is 1. The van der Waals surface area contributed by atoms with E-state index in [9.17, 15) is 0 Å². The molecule has 3 rings (SSSR count). The maximum atomic E-state index is 6.35. The fraction of sp³-hybridized carbons (Fsp3) is 0.316. The molecular weight excluding hydrogens is 338 g/mol. The molecule has 132 valence electrons. The highest BCUT2D eigenvalue weighted by molar-refractivity contribution is 6.32. The average Bonchev–Trinajstić information content (AvgIpc) is 3.03. The predicted molar refractivity (Wildman–Crippen MR) is 100 cm³/mol. The molecule has 0 saturated carbocycles. The molecule has 0 spiro atoms. The van der Waals surface area contributed by atoms with E-state index in [2.05, 4.69) is 22.2 Å². The molecule has 0 fully saturated rings. The van der Waals surface area contributed by atoms with Gasteiger partial charge in [0.25, 0.3) is 0 Å². The standard InChI is InChI=1S/C19H22ClN3O2/c1-3-8-25-19-14(20)9-13(10-17(19)24-2)11-21-12-18-22-15-6-4-5-7-16(15)23-18/h4-7,9-10,21H,3,8,11-12H2,1-2H3,(H,22,23). The second-order valence-electron chi connectivity index (χ2n) is 5.76. The minimum atomic E-state index is 0.563. The van der Waals surface area contributed by atoms with Gasteiger partial charge < -0.3 is 19.8 Å². The van der Waals surface area contributed by atoms with Crippen molar-refractivity contribution in [3.05, 3.63) is 52.8 Å².